The third kappa shape index (κ3) is 5.58. The first-order chi connectivity index (χ1) is 20.2. The summed E-state index contributed by atoms with van der Waals surface area (Å²) in [7, 11) is 0. The zero-order valence-corrected chi connectivity index (χ0v) is 24.9. The molecule has 0 aliphatic carbocycles. The van der Waals surface area contributed by atoms with Gasteiger partial charge in [0.05, 0.1) is 35.6 Å². The van der Waals surface area contributed by atoms with E-state index in [2.05, 4.69) is 10.6 Å². The molecule has 43 heavy (non-hydrogen) atoms. The Bertz CT molecular complexity index is 1730. The maximum Gasteiger partial charge on any atom is 0.408 e. The third-order valence-corrected chi connectivity index (χ3v) is 7.80. The smallest absolute Gasteiger partial charge is 0.408 e. The van der Waals surface area contributed by atoms with Crippen LogP contribution in [0.25, 0.3) is 22.3 Å². The Morgan fingerprint density at radius 3 is 2.63 bits per heavy atom. The lowest BCUT2D eigenvalue weighted by molar-refractivity contribution is -0.172. The number of aryl methyl sites for hydroxylation is 2. The Morgan fingerprint density at radius 2 is 1.93 bits per heavy atom. The molecule has 1 aromatic carbocycles. The largest absolute Gasteiger partial charge is 0.458 e. The average molecular weight is 595 g/mol. The number of hydrogen-bond donors (Lipinski definition) is 3. The fourth-order valence-electron chi connectivity index (χ4n) is 5.60. The Hall–Kier alpha value is -4.32. The number of nitrogens with one attached hydrogen (secondary N) is 2. The number of ether oxygens (including phenoxy) is 2. The summed E-state index contributed by atoms with van der Waals surface area (Å²) in [6.45, 7) is 8.52. The summed E-state index contributed by atoms with van der Waals surface area (Å²) in [5, 5.41) is 17.1. The number of amides is 2. The molecule has 4 heterocycles. The molecule has 0 radical (unpaired) electrons. The fourth-order valence-corrected chi connectivity index (χ4v) is 5.60. The van der Waals surface area contributed by atoms with Crippen molar-refractivity contribution in [2.24, 2.45) is 0 Å². The Morgan fingerprint density at radius 1 is 1.19 bits per heavy atom. The van der Waals surface area contributed by atoms with Crippen LogP contribution in [-0.4, -0.2) is 51.3 Å². The van der Waals surface area contributed by atoms with E-state index in [0.29, 0.717) is 41.9 Å². The van der Waals surface area contributed by atoms with Crippen LogP contribution in [0.15, 0.2) is 23.0 Å². The van der Waals surface area contributed by atoms with Crippen LogP contribution in [0.1, 0.15) is 68.4 Å². The summed E-state index contributed by atoms with van der Waals surface area (Å²) in [6, 6.07) is 4.71. The highest BCUT2D eigenvalue weighted by molar-refractivity contribution is 5.89. The van der Waals surface area contributed by atoms with Gasteiger partial charge in [-0.25, -0.2) is 19.0 Å². The van der Waals surface area contributed by atoms with Crippen LogP contribution in [0.5, 0.6) is 0 Å². The molecule has 0 fully saturated rings. The molecule has 11 nitrogen and oxygen atoms in total. The number of nitrogens with zero attached hydrogens (tertiary/aromatic N) is 2. The van der Waals surface area contributed by atoms with Gasteiger partial charge in [0.2, 0.25) is 5.91 Å². The second kappa shape index (κ2) is 11.1. The number of hydrogen-bond acceptors (Lipinski definition) is 8. The number of aromatic nitrogens is 2. The molecule has 0 bridgehead atoms. The van der Waals surface area contributed by atoms with Crippen molar-refractivity contribution < 1.29 is 33.4 Å². The van der Waals surface area contributed by atoms with Gasteiger partial charge >= 0.3 is 12.1 Å². The fraction of sp³-hybridized carbons (Fsp3) is 0.452. The number of aliphatic hydroxyl groups is 1. The molecule has 5 rings (SSSR count). The van der Waals surface area contributed by atoms with Crippen LogP contribution >= 0.6 is 0 Å². The lowest BCUT2D eigenvalue weighted by Crippen LogP contribution is -2.44. The lowest BCUT2D eigenvalue weighted by atomic mass is 9.86. The van der Waals surface area contributed by atoms with Gasteiger partial charge in [-0.2, -0.15) is 0 Å². The minimum Gasteiger partial charge on any atom is -0.458 e. The summed E-state index contributed by atoms with van der Waals surface area (Å²) in [4.78, 5) is 55.0. The van der Waals surface area contributed by atoms with E-state index < -0.39 is 29.1 Å². The third-order valence-electron chi connectivity index (χ3n) is 7.80. The predicted molar refractivity (Wildman–Crippen MR) is 155 cm³/mol. The number of carbonyl (C=O) groups excluding carboxylic acids is 3. The van der Waals surface area contributed by atoms with E-state index in [1.807, 2.05) is 0 Å². The number of esters is 1. The molecule has 0 unspecified atom stereocenters. The van der Waals surface area contributed by atoms with Crippen molar-refractivity contribution in [3.8, 4) is 11.4 Å². The van der Waals surface area contributed by atoms with Gasteiger partial charge in [-0.15, -0.1) is 0 Å². The van der Waals surface area contributed by atoms with Crippen molar-refractivity contribution in [1.82, 2.24) is 20.2 Å². The maximum atomic E-state index is 14.7. The van der Waals surface area contributed by atoms with Crippen LogP contribution in [0.3, 0.4) is 0 Å². The second-order valence-corrected chi connectivity index (χ2v) is 11.9. The standard InChI is InChI=1S/C31H35FN4O7/c1-6-31(41)21-11-24-26-19(14-36(24)27(38)20(21)15-42-28(31)39)17(18-10-16(2)22(32)12-23(18)35-26)8-7-9-33-25(37)13-34-29(40)43-30(3,4)5/h10-12,41H,6-9,13-15H2,1-5H3,(H,33,37)(H,34,40)/t31-/m0/s1. The summed E-state index contributed by atoms with van der Waals surface area (Å²) in [5.41, 5.74) is 0.827. The topological polar surface area (TPSA) is 149 Å². The van der Waals surface area contributed by atoms with Gasteiger partial charge < -0.3 is 29.8 Å². The molecule has 2 aliphatic heterocycles. The van der Waals surface area contributed by atoms with Gasteiger partial charge in [0.25, 0.3) is 5.56 Å². The van der Waals surface area contributed by atoms with Crippen LogP contribution in [0, 0.1) is 12.7 Å². The Kier molecular flexibility index (Phi) is 7.76. The van der Waals surface area contributed by atoms with E-state index in [4.69, 9.17) is 14.5 Å². The number of halogens is 1. The first kappa shape index (κ1) is 30.1. The number of cyclic esters (lactones) is 1. The van der Waals surface area contributed by atoms with E-state index in [-0.39, 0.29) is 48.7 Å². The Labute approximate surface area is 247 Å². The van der Waals surface area contributed by atoms with Crippen molar-refractivity contribution in [1.29, 1.82) is 0 Å². The van der Waals surface area contributed by atoms with Gasteiger partial charge in [-0.05, 0) is 70.2 Å². The van der Waals surface area contributed by atoms with E-state index >= 15 is 0 Å². The summed E-state index contributed by atoms with van der Waals surface area (Å²) in [6.07, 6.45) is 0.331. The average Bonchev–Trinajstić information content (AvgIpc) is 3.30. The quantitative estimate of drug-likeness (QED) is 0.218. The van der Waals surface area contributed by atoms with Gasteiger partial charge in [-0.1, -0.05) is 6.92 Å². The molecule has 2 amide bonds. The zero-order chi connectivity index (χ0) is 31.3. The molecule has 1 atom stereocenters. The second-order valence-electron chi connectivity index (χ2n) is 11.9. The molecule has 2 aliphatic rings. The van der Waals surface area contributed by atoms with E-state index in [1.54, 1.807) is 51.3 Å². The van der Waals surface area contributed by atoms with Crippen molar-refractivity contribution >= 4 is 28.9 Å². The highest BCUT2D eigenvalue weighted by atomic mass is 19.1. The van der Waals surface area contributed by atoms with Crippen LogP contribution in [0.2, 0.25) is 0 Å². The van der Waals surface area contributed by atoms with E-state index in [9.17, 15) is 28.7 Å². The molecular weight excluding hydrogens is 559 g/mol. The maximum absolute atomic E-state index is 14.7. The number of alkyl carbamates (subject to hydrolysis) is 1. The zero-order valence-electron chi connectivity index (χ0n) is 24.9. The van der Waals surface area contributed by atoms with Crippen LogP contribution in [-0.2, 0) is 44.2 Å². The monoisotopic (exact) mass is 594 g/mol. The molecule has 228 valence electrons. The van der Waals surface area contributed by atoms with Gasteiger partial charge in [-0.3, -0.25) is 9.59 Å². The van der Waals surface area contributed by atoms with E-state index in [1.165, 1.54) is 6.07 Å². The molecule has 12 heteroatoms. The Balaban J connectivity index is 1.43. The molecule has 2 aromatic heterocycles. The molecular formula is C31H35FN4O7. The first-order valence-electron chi connectivity index (χ1n) is 14.3. The molecule has 3 N–H and O–H groups in total. The van der Waals surface area contributed by atoms with Crippen LogP contribution in [0.4, 0.5) is 9.18 Å². The first-order valence-corrected chi connectivity index (χ1v) is 14.3. The van der Waals surface area contributed by atoms with Crippen molar-refractivity contribution in [3.63, 3.8) is 0 Å². The number of fused-ring (bicyclic) bond motifs is 5. The summed E-state index contributed by atoms with van der Waals surface area (Å²) >= 11 is 0. The molecule has 0 saturated heterocycles. The van der Waals surface area contributed by atoms with Crippen molar-refractivity contribution in [2.45, 2.75) is 78.2 Å². The summed E-state index contributed by atoms with van der Waals surface area (Å²) in [5.74, 6) is -1.60. The number of pyridine rings is 2. The number of benzene rings is 1. The van der Waals surface area contributed by atoms with Crippen molar-refractivity contribution in [2.75, 3.05) is 13.1 Å². The predicted octanol–water partition coefficient (Wildman–Crippen LogP) is 3.10. The summed E-state index contributed by atoms with van der Waals surface area (Å²) < 4.78 is 26.5. The van der Waals surface area contributed by atoms with Crippen LogP contribution < -0.4 is 16.2 Å². The molecule has 0 saturated carbocycles. The SMILES string of the molecule is CC[C@@]1(O)C(=O)OCc2c1cc1n(c2=O)Cc2c-1nc1cc(F)c(C)cc1c2CCCNC(=O)CNC(=O)OC(C)(C)C. The highest BCUT2D eigenvalue weighted by Crippen LogP contribution is 2.40. The van der Waals surface area contributed by atoms with Gasteiger partial charge in [0.1, 0.15) is 18.0 Å². The van der Waals surface area contributed by atoms with Gasteiger partial charge in [0, 0.05) is 29.1 Å². The minimum absolute atomic E-state index is 0.0223. The normalized spacial score (nSPS) is 17.1. The van der Waals surface area contributed by atoms with Gasteiger partial charge in [0.15, 0.2) is 5.60 Å². The molecule has 0 spiro atoms. The molecule has 3 aromatic rings. The lowest BCUT2D eigenvalue weighted by Gasteiger charge is -2.31. The minimum atomic E-state index is -1.95. The highest BCUT2D eigenvalue weighted by Gasteiger charge is 2.45. The number of rotatable bonds is 7. The number of carbonyl (C=O) groups is 3. The van der Waals surface area contributed by atoms with E-state index in [0.717, 1.165) is 16.5 Å². The van der Waals surface area contributed by atoms with Crippen molar-refractivity contribution in [3.05, 3.63) is 62.2 Å².